The van der Waals surface area contributed by atoms with Crippen LogP contribution in [0.5, 0.6) is 5.75 Å². The van der Waals surface area contributed by atoms with Crippen molar-refractivity contribution in [3.8, 4) is 5.75 Å². The number of carbonyl (C=O) groups is 1. The minimum Gasteiger partial charge on any atom is -0.481 e. The second-order valence-electron chi connectivity index (χ2n) is 7.84. The molecule has 3 rings (SSSR count). The number of benzene rings is 1. The summed E-state index contributed by atoms with van der Waals surface area (Å²) < 4.78 is 35.4. The van der Waals surface area contributed by atoms with Crippen molar-refractivity contribution in [2.24, 2.45) is 0 Å². The van der Waals surface area contributed by atoms with Crippen molar-refractivity contribution >= 4 is 15.9 Å². The number of amides is 1. The Kier molecular flexibility index (Phi) is 6.52. The Bertz CT molecular complexity index is 994. The smallest absolute Gasteiger partial charge is 0.263 e. The van der Waals surface area contributed by atoms with E-state index in [1.165, 1.54) is 4.31 Å². The third kappa shape index (κ3) is 4.37. The zero-order valence-electron chi connectivity index (χ0n) is 18.2. The molecule has 1 aliphatic heterocycles. The van der Waals surface area contributed by atoms with Gasteiger partial charge in [0.05, 0.1) is 11.4 Å². The maximum absolute atomic E-state index is 13.3. The number of ether oxygens (including phenoxy) is 1. The van der Waals surface area contributed by atoms with Gasteiger partial charge in [-0.15, -0.1) is 0 Å². The minimum atomic E-state index is -3.67. The van der Waals surface area contributed by atoms with Crippen LogP contribution in [0.25, 0.3) is 0 Å². The first-order valence-corrected chi connectivity index (χ1v) is 11.6. The van der Waals surface area contributed by atoms with Crippen molar-refractivity contribution in [1.82, 2.24) is 19.0 Å². The quantitative estimate of drug-likeness (QED) is 0.697. The highest BCUT2D eigenvalue weighted by Gasteiger charge is 2.35. The van der Waals surface area contributed by atoms with E-state index in [0.29, 0.717) is 30.2 Å². The molecule has 0 spiro atoms. The van der Waals surface area contributed by atoms with Crippen molar-refractivity contribution in [3.63, 3.8) is 0 Å². The number of nitrogens with zero attached hydrogens (tertiary/aromatic N) is 4. The van der Waals surface area contributed by atoms with Crippen molar-refractivity contribution in [1.29, 1.82) is 0 Å². The first kappa shape index (κ1) is 22.3. The Morgan fingerprint density at radius 1 is 1.03 bits per heavy atom. The van der Waals surface area contributed by atoms with Crippen LogP contribution in [0.2, 0.25) is 0 Å². The topological polar surface area (TPSA) is 84.7 Å². The lowest BCUT2D eigenvalue weighted by molar-refractivity contribution is -0.139. The molecule has 164 valence electrons. The first-order valence-electron chi connectivity index (χ1n) is 10.2. The van der Waals surface area contributed by atoms with Gasteiger partial charge in [-0.25, -0.2) is 8.42 Å². The van der Waals surface area contributed by atoms with Gasteiger partial charge in [0.2, 0.25) is 10.0 Å². The summed E-state index contributed by atoms with van der Waals surface area (Å²) >= 11 is 0. The van der Waals surface area contributed by atoms with Crippen LogP contribution in [0, 0.1) is 13.8 Å². The molecule has 0 radical (unpaired) electrons. The van der Waals surface area contributed by atoms with E-state index < -0.39 is 16.1 Å². The summed E-state index contributed by atoms with van der Waals surface area (Å²) in [6, 6.07) is 9.26. The highest BCUT2D eigenvalue weighted by atomic mass is 32.2. The van der Waals surface area contributed by atoms with Crippen molar-refractivity contribution in [2.45, 2.75) is 51.7 Å². The normalized spacial score (nSPS) is 16.7. The average molecular weight is 435 g/mol. The maximum atomic E-state index is 13.3. The molecular formula is C21H30N4O4S. The molecule has 0 saturated carbocycles. The van der Waals surface area contributed by atoms with Crippen LogP contribution in [0.3, 0.4) is 0 Å². The van der Waals surface area contributed by atoms with Gasteiger partial charge < -0.3 is 9.64 Å². The van der Waals surface area contributed by atoms with Gasteiger partial charge in [-0.05, 0) is 46.8 Å². The lowest BCUT2D eigenvalue weighted by Crippen LogP contribution is -2.53. The zero-order chi connectivity index (χ0) is 22.1. The molecular weight excluding hydrogens is 404 g/mol. The van der Waals surface area contributed by atoms with E-state index in [2.05, 4.69) is 5.10 Å². The van der Waals surface area contributed by atoms with E-state index in [4.69, 9.17) is 4.74 Å². The van der Waals surface area contributed by atoms with Gasteiger partial charge in [-0.3, -0.25) is 9.48 Å². The zero-order valence-corrected chi connectivity index (χ0v) is 19.0. The van der Waals surface area contributed by atoms with Crippen LogP contribution in [0.15, 0.2) is 35.2 Å². The third-order valence-electron chi connectivity index (χ3n) is 5.30. The molecule has 2 heterocycles. The van der Waals surface area contributed by atoms with Crippen molar-refractivity contribution in [2.75, 3.05) is 26.2 Å². The van der Waals surface area contributed by atoms with E-state index in [0.717, 1.165) is 0 Å². The Morgan fingerprint density at radius 2 is 1.63 bits per heavy atom. The highest BCUT2D eigenvalue weighted by Crippen LogP contribution is 2.26. The number of aryl methyl sites for hydroxylation is 1. The molecule has 2 aromatic rings. The molecule has 1 aromatic heterocycles. The van der Waals surface area contributed by atoms with Gasteiger partial charge in [-0.2, -0.15) is 9.40 Å². The largest absolute Gasteiger partial charge is 0.481 e. The molecule has 30 heavy (non-hydrogen) atoms. The van der Waals surface area contributed by atoms with Gasteiger partial charge in [0, 0.05) is 32.2 Å². The van der Waals surface area contributed by atoms with E-state index in [-0.39, 0.29) is 29.9 Å². The molecule has 1 aliphatic rings. The van der Waals surface area contributed by atoms with Crippen molar-refractivity contribution < 1.29 is 17.9 Å². The van der Waals surface area contributed by atoms with Gasteiger partial charge in [-0.1, -0.05) is 18.2 Å². The average Bonchev–Trinajstić information content (AvgIpc) is 3.03. The molecule has 9 heteroatoms. The number of aromatic nitrogens is 2. The fourth-order valence-electron chi connectivity index (χ4n) is 3.81. The first-order chi connectivity index (χ1) is 14.1. The molecule has 1 atom stereocenters. The third-order valence-corrected chi connectivity index (χ3v) is 7.45. The minimum absolute atomic E-state index is 0.0771. The van der Waals surface area contributed by atoms with Crippen LogP contribution in [-0.4, -0.2) is 65.6 Å². The van der Waals surface area contributed by atoms with Gasteiger partial charge >= 0.3 is 0 Å². The molecule has 1 amide bonds. The Hall–Kier alpha value is -2.39. The standard InChI is InChI=1S/C21H30N4O4S/c1-15(2)25-17(4)20(16(3)22-25)30(27,28)24-13-11-23(12-14-24)21(26)18(5)29-19-9-7-6-8-10-19/h6-10,15,18H,11-14H2,1-5H3/t18-/m0/s1. The second-order valence-corrected chi connectivity index (χ2v) is 9.72. The fraction of sp³-hybridized carbons (Fsp3) is 0.524. The SMILES string of the molecule is Cc1nn(C(C)C)c(C)c1S(=O)(=O)N1CCN(C(=O)[C@H](C)Oc2ccccc2)CC1. The lowest BCUT2D eigenvalue weighted by Gasteiger charge is -2.35. The fourth-order valence-corrected chi connectivity index (χ4v) is 5.60. The Morgan fingerprint density at radius 3 is 2.17 bits per heavy atom. The van der Waals surface area contributed by atoms with Gasteiger partial charge in [0.25, 0.3) is 5.91 Å². The summed E-state index contributed by atoms with van der Waals surface area (Å²) in [5, 5.41) is 4.41. The number of piperazine rings is 1. The summed E-state index contributed by atoms with van der Waals surface area (Å²) in [6.45, 7) is 10.3. The summed E-state index contributed by atoms with van der Waals surface area (Å²) in [6.07, 6.45) is -0.635. The number of para-hydroxylation sites is 1. The maximum Gasteiger partial charge on any atom is 0.263 e. The predicted molar refractivity (Wildman–Crippen MR) is 114 cm³/mol. The summed E-state index contributed by atoms with van der Waals surface area (Å²) in [7, 11) is -3.67. The molecule has 1 aromatic carbocycles. The van der Waals surface area contributed by atoms with Gasteiger partial charge in [0.15, 0.2) is 6.10 Å². The van der Waals surface area contributed by atoms with E-state index in [1.54, 1.807) is 42.5 Å². The molecule has 0 aliphatic carbocycles. The summed E-state index contributed by atoms with van der Waals surface area (Å²) in [4.78, 5) is 14.7. The van der Waals surface area contributed by atoms with Crippen LogP contribution in [0.4, 0.5) is 0 Å². The Balaban J connectivity index is 1.67. The second kappa shape index (κ2) is 8.77. The highest BCUT2D eigenvalue weighted by molar-refractivity contribution is 7.89. The summed E-state index contributed by atoms with van der Waals surface area (Å²) in [5.74, 6) is 0.489. The summed E-state index contributed by atoms with van der Waals surface area (Å²) in [5.41, 5.74) is 1.15. The number of carbonyl (C=O) groups excluding carboxylic acids is 1. The lowest BCUT2D eigenvalue weighted by atomic mass is 10.3. The Labute approximate surface area is 178 Å². The van der Waals surface area contributed by atoms with Crippen molar-refractivity contribution in [3.05, 3.63) is 41.7 Å². The number of sulfonamides is 1. The molecule has 0 N–H and O–H groups in total. The van der Waals surface area contributed by atoms with E-state index in [1.807, 2.05) is 32.0 Å². The molecule has 1 saturated heterocycles. The molecule has 8 nitrogen and oxygen atoms in total. The number of rotatable bonds is 6. The van der Waals surface area contributed by atoms with Crippen LogP contribution >= 0.6 is 0 Å². The van der Waals surface area contributed by atoms with Crippen LogP contribution in [-0.2, 0) is 14.8 Å². The molecule has 1 fully saturated rings. The van der Waals surface area contributed by atoms with Crippen LogP contribution in [0.1, 0.15) is 38.2 Å². The van der Waals surface area contributed by atoms with E-state index in [9.17, 15) is 13.2 Å². The molecule has 0 unspecified atom stereocenters. The monoisotopic (exact) mass is 434 g/mol. The van der Waals surface area contributed by atoms with Gasteiger partial charge in [0.1, 0.15) is 10.6 Å². The van der Waals surface area contributed by atoms with E-state index >= 15 is 0 Å². The predicted octanol–water partition coefficient (Wildman–Crippen LogP) is 2.38. The molecule has 0 bridgehead atoms. The number of hydrogen-bond donors (Lipinski definition) is 0. The van der Waals surface area contributed by atoms with Crippen LogP contribution < -0.4 is 4.74 Å². The number of hydrogen-bond acceptors (Lipinski definition) is 5.